The number of esters is 2. The van der Waals surface area contributed by atoms with Gasteiger partial charge in [0.15, 0.2) is 0 Å². The minimum absolute atomic E-state index is 0.303. The van der Waals surface area contributed by atoms with E-state index in [9.17, 15) is 9.59 Å². The van der Waals surface area contributed by atoms with Gasteiger partial charge in [-0.05, 0) is 36.4 Å². The minimum Gasteiger partial charge on any atom is -0.465 e. The Morgan fingerprint density at radius 2 is 1.37 bits per heavy atom. The van der Waals surface area contributed by atoms with E-state index in [2.05, 4.69) is 15.0 Å². The van der Waals surface area contributed by atoms with Crippen LogP contribution in [0.4, 0.5) is 0 Å². The molecular weight excluding hydrogens is 382 g/mol. The quantitative estimate of drug-likeness (QED) is 0.480. The van der Waals surface area contributed by atoms with Gasteiger partial charge in [0.1, 0.15) is 0 Å². The van der Waals surface area contributed by atoms with Gasteiger partial charge in [0.25, 0.3) is 0 Å². The lowest BCUT2D eigenvalue weighted by molar-refractivity contribution is 0.0591. The first-order valence-electron chi connectivity index (χ1n) is 9.10. The number of methoxy groups -OCH3 is 2. The highest BCUT2D eigenvalue weighted by atomic mass is 16.5. The normalized spacial score (nSPS) is 10.6. The van der Waals surface area contributed by atoms with Crippen LogP contribution in [0.15, 0.2) is 66.9 Å². The number of nitrogens with zero attached hydrogens (tertiary/aromatic N) is 3. The second-order valence-corrected chi connectivity index (χ2v) is 6.43. The number of aromatic nitrogens is 3. The van der Waals surface area contributed by atoms with Gasteiger partial charge in [-0.2, -0.15) is 0 Å². The Bertz CT molecular complexity index is 1270. The highest BCUT2D eigenvalue weighted by molar-refractivity contribution is 5.93. The van der Waals surface area contributed by atoms with Crippen LogP contribution in [-0.4, -0.2) is 41.1 Å². The lowest BCUT2D eigenvalue weighted by atomic mass is 10.1. The zero-order valence-electron chi connectivity index (χ0n) is 16.3. The van der Waals surface area contributed by atoms with Gasteiger partial charge >= 0.3 is 11.9 Å². The van der Waals surface area contributed by atoms with Crippen molar-refractivity contribution in [3.63, 3.8) is 0 Å². The highest BCUT2D eigenvalue weighted by Crippen LogP contribution is 2.25. The van der Waals surface area contributed by atoms with Gasteiger partial charge < -0.3 is 9.47 Å². The Labute approximate surface area is 172 Å². The third-order valence-electron chi connectivity index (χ3n) is 4.55. The minimum atomic E-state index is -0.509. The van der Waals surface area contributed by atoms with Crippen molar-refractivity contribution in [1.82, 2.24) is 15.0 Å². The molecule has 0 saturated heterocycles. The van der Waals surface area contributed by atoms with Crippen LogP contribution >= 0.6 is 0 Å². The number of ether oxygens (including phenoxy) is 2. The summed E-state index contributed by atoms with van der Waals surface area (Å²) in [7, 11) is 2.62. The van der Waals surface area contributed by atoms with Crippen molar-refractivity contribution in [2.45, 2.75) is 0 Å². The van der Waals surface area contributed by atoms with Crippen molar-refractivity contribution >= 4 is 22.8 Å². The molecule has 0 bridgehead atoms. The molecule has 0 saturated carbocycles. The van der Waals surface area contributed by atoms with Gasteiger partial charge in [-0.3, -0.25) is 4.98 Å². The van der Waals surface area contributed by atoms with E-state index in [0.29, 0.717) is 33.9 Å². The fraction of sp³-hybridized carbons (Fsp3) is 0.0870. The standard InChI is InChI=1S/C23H17N3O4/c1-29-22(27)15-9-10-24-19(11-15)21-13-16(23(28)30-2)12-20(26-21)18-8-7-14-5-3-4-6-17(14)25-18/h3-13H,1-2H3. The Kier molecular flexibility index (Phi) is 5.17. The monoisotopic (exact) mass is 399 g/mol. The molecule has 4 aromatic rings. The molecule has 0 aliphatic heterocycles. The number of hydrogen-bond donors (Lipinski definition) is 0. The van der Waals surface area contributed by atoms with Gasteiger partial charge in [0, 0.05) is 11.6 Å². The van der Waals surface area contributed by atoms with E-state index in [-0.39, 0.29) is 0 Å². The molecule has 0 aliphatic rings. The maximum atomic E-state index is 12.2. The molecule has 7 heteroatoms. The van der Waals surface area contributed by atoms with Crippen LogP contribution in [-0.2, 0) is 9.47 Å². The van der Waals surface area contributed by atoms with E-state index in [1.165, 1.54) is 20.4 Å². The molecule has 0 radical (unpaired) electrons. The molecule has 0 N–H and O–H groups in total. The first kappa shape index (κ1) is 19.2. The summed E-state index contributed by atoms with van der Waals surface area (Å²) in [5.74, 6) is -0.996. The van der Waals surface area contributed by atoms with Crippen LogP contribution < -0.4 is 0 Å². The fourth-order valence-corrected chi connectivity index (χ4v) is 3.05. The van der Waals surface area contributed by atoms with Gasteiger partial charge in [0.2, 0.25) is 0 Å². The van der Waals surface area contributed by atoms with Crippen molar-refractivity contribution < 1.29 is 19.1 Å². The maximum absolute atomic E-state index is 12.2. The van der Waals surface area contributed by atoms with Crippen molar-refractivity contribution in [1.29, 1.82) is 0 Å². The Balaban J connectivity index is 1.87. The Hall–Kier alpha value is -4.13. The number of benzene rings is 1. The molecule has 0 aliphatic carbocycles. The maximum Gasteiger partial charge on any atom is 0.338 e. The lowest BCUT2D eigenvalue weighted by Crippen LogP contribution is -2.05. The molecule has 7 nitrogen and oxygen atoms in total. The third-order valence-corrected chi connectivity index (χ3v) is 4.55. The summed E-state index contributed by atoms with van der Waals surface area (Å²) in [5, 5.41) is 0.998. The number of fused-ring (bicyclic) bond motifs is 1. The van der Waals surface area contributed by atoms with Crippen LogP contribution in [0, 0.1) is 0 Å². The molecule has 1 aromatic carbocycles. The fourth-order valence-electron chi connectivity index (χ4n) is 3.05. The summed E-state index contributed by atoms with van der Waals surface area (Å²) in [6, 6.07) is 17.8. The first-order chi connectivity index (χ1) is 14.6. The van der Waals surface area contributed by atoms with Crippen LogP contribution in [0.25, 0.3) is 33.7 Å². The molecule has 3 aromatic heterocycles. The number of carbonyl (C=O) groups is 2. The zero-order chi connectivity index (χ0) is 21.1. The summed E-state index contributed by atoms with van der Waals surface area (Å²) in [5.41, 5.74) is 3.37. The first-order valence-corrected chi connectivity index (χ1v) is 9.10. The summed E-state index contributed by atoms with van der Waals surface area (Å²) in [6.07, 6.45) is 1.49. The average molecular weight is 399 g/mol. The molecule has 4 rings (SSSR count). The largest absolute Gasteiger partial charge is 0.465 e. The van der Waals surface area contributed by atoms with E-state index in [4.69, 9.17) is 9.47 Å². The summed E-state index contributed by atoms with van der Waals surface area (Å²) >= 11 is 0. The molecule has 0 atom stereocenters. The number of hydrogen-bond acceptors (Lipinski definition) is 7. The van der Waals surface area contributed by atoms with Crippen LogP contribution in [0.1, 0.15) is 20.7 Å². The van der Waals surface area contributed by atoms with Crippen LogP contribution in [0.2, 0.25) is 0 Å². The molecule has 30 heavy (non-hydrogen) atoms. The Morgan fingerprint density at radius 3 is 2.13 bits per heavy atom. The summed E-state index contributed by atoms with van der Waals surface area (Å²) in [6.45, 7) is 0. The Morgan fingerprint density at radius 1 is 0.700 bits per heavy atom. The predicted octanol–water partition coefficient (Wildman–Crippen LogP) is 3.93. The molecule has 0 amide bonds. The van der Waals surface area contributed by atoms with Gasteiger partial charge in [0.05, 0.1) is 53.6 Å². The van der Waals surface area contributed by atoms with Crippen molar-refractivity contribution in [3.05, 3.63) is 78.0 Å². The molecular formula is C23H17N3O4. The summed E-state index contributed by atoms with van der Waals surface area (Å²) in [4.78, 5) is 37.7. The number of pyridine rings is 3. The second-order valence-electron chi connectivity index (χ2n) is 6.43. The molecule has 148 valence electrons. The molecule has 0 fully saturated rings. The number of para-hydroxylation sites is 1. The molecule has 0 spiro atoms. The van der Waals surface area contributed by atoms with Crippen molar-refractivity contribution in [3.8, 4) is 22.8 Å². The van der Waals surface area contributed by atoms with E-state index >= 15 is 0 Å². The lowest BCUT2D eigenvalue weighted by Gasteiger charge is -2.09. The third kappa shape index (κ3) is 3.73. The number of rotatable bonds is 4. The van der Waals surface area contributed by atoms with Crippen molar-refractivity contribution in [2.75, 3.05) is 14.2 Å². The average Bonchev–Trinajstić information content (AvgIpc) is 2.82. The van der Waals surface area contributed by atoms with E-state index < -0.39 is 11.9 Å². The van der Waals surface area contributed by atoms with E-state index in [0.717, 1.165) is 10.9 Å². The zero-order valence-corrected chi connectivity index (χ0v) is 16.3. The van der Waals surface area contributed by atoms with Gasteiger partial charge in [-0.1, -0.05) is 24.3 Å². The smallest absolute Gasteiger partial charge is 0.338 e. The summed E-state index contributed by atoms with van der Waals surface area (Å²) < 4.78 is 9.66. The van der Waals surface area contributed by atoms with Crippen LogP contribution in [0.5, 0.6) is 0 Å². The van der Waals surface area contributed by atoms with E-state index in [1.807, 2.05) is 36.4 Å². The number of carbonyl (C=O) groups excluding carboxylic acids is 2. The highest BCUT2D eigenvalue weighted by Gasteiger charge is 2.16. The van der Waals surface area contributed by atoms with Gasteiger partial charge in [-0.25, -0.2) is 19.6 Å². The second kappa shape index (κ2) is 8.08. The molecule has 3 heterocycles. The SMILES string of the molecule is COC(=O)c1ccnc(-c2cc(C(=O)OC)cc(-c3ccc4ccccc4n3)n2)c1. The van der Waals surface area contributed by atoms with E-state index in [1.54, 1.807) is 24.3 Å². The topological polar surface area (TPSA) is 91.3 Å². The molecule has 0 unspecified atom stereocenters. The van der Waals surface area contributed by atoms with Gasteiger partial charge in [-0.15, -0.1) is 0 Å². The predicted molar refractivity (Wildman–Crippen MR) is 111 cm³/mol. The van der Waals surface area contributed by atoms with Crippen molar-refractivity contribution in [2.24, 2.45) is 0 Å². The van der Waals surface area contributed by atoms with Crippen LogP contribution in [0.3, 0.4) is 0 Å².